The van der Waals surface area contributed by atoms with E-state index in [1.54, 1.807) is 12.1 Å². The Morgan fingerprint density at radius 2 is 2.29 bits per heavy atom. The van der Waals surface area contributed by atoms with Crippen LogP contribution in [0, 0.1) is 11.7 Å². The van der Waals surface area contributed by atoms with Crippen molar-refractivity contribution in [3.63, 3.8) is 0 Å². The van der Waals surface area contributed by atoms with E-state index >= 15 is 0 Å². The Balaban J connectivity index is 2.00. The van der Waals surface area contributed by atoms with Gasteiger partial charge in [-0.15, -0.1) is 0 Å². The molecule has 1 heterocycles. The molecule has 1 fully saturated rings. The number of ether oxygens (including phenoxy) is 1. The van der Waals surface area contributed by atoms with Crippen molar-refractivity contribution in [2.24, 2.45) is 5.92 Å². The third-order valence-corrected chi connectivity index (χ3v) is 3.36. The van der Waals surface area contributed by atoms with Gasteiger partial charge in [-0.2, -0.15) is 0 Å². The zero-order chi connectivity index (χ0) is 12.3. The number of hydrogen-bond acceptors (Lipinski definition) is 2. The van der Waals surface area contributed by atoms with Crippen LogP contribution in [-0.2, 0) is 6.54 Å². The van der Waals surface area contributed by atoms with Crippen LogP contribution in [0.4, 0.5) is 4.39 Å². The second-order valence-corrected chi connectivity index (χ2v) is 4.95. The van der Waals surface area contributed by atoms with E-state index < -0.39 is 0 Å². The third kappa shape index (κ3) is 3.19. The maximum absolute atomic E-state index is 13.5. The van der Waals surface area contributed by atoms with Crippen LogP contribution in [0.15, 0.2) is 18.2 Å². The lowest BCUT2D eigenvalue weighted by atomic mass is 10.00. The molecule has 0 aromatic heterocycles. The molecule has 17 heavy (non-hydrogen) atoms. The van der Waals surface area contributed by atoms with Crippen molar-refractivity contribution in [1.82, 2.24) is 4.90 Å². The Bertz CT molecular complexity index is 380. The van der Waals surface area contributed by atoms with Crippen LogP contribution >= 0.6 is 0 Å². The summed E-state index contributed by atoms with van der Waals surface area (Å²) in [6, 6.07) is 5.23. The van der Waals surface area contributed by atoms with Gasteiger partial charge in [0.25, 0.3) is 0 Å². The third-order valence-electron chi connectivity index (χ3n) is 3.36. The summed E-state index contributed by atoms with van der Waals surface area (Å²) in [4.78, 5) is 2.40. The number of nitrogens with zero attached hydrogens (tertiary/aromatic N) is 1. The highest BCUT2D eigenvalue weighted by atomic mass is 19.1. The largest absolute Gasteiger partial charge is 0.494 e. The number of piperidine rings is 1. The quantitative estimate of drug-likeness (QED) is 0.801. The lowest BCUT2D eigenvalue weighted by Gasteiger charge is -2.30. The highest BCUT2D eigenvalue weighted by Gasteiger charge is 2.16. The number of rotatable bonds is 3. The number of benzene rings is 1. The predicted octanol–water partition coefficient (Wildman–Crippen LogP) is 3.07. The molecule has 1 aliphatic heterocycles. The second-order valence-electron chi connectivity index (χ2n) is 4.95. The van der Waals surface area contributed by atoms with Crippen molar-refractivity contribution in [1.29, 1.82) is 0 Å². The average Bonchev–Trinajstić information content (AvgIpc) is 2.29. The number of methoxy groups -OCH3 is 1. The molecule has 1 atom stereocenters. The number of halogens is 1. The van der Waals surface area contributed by atoms with Gasteiger partial charge in [0, 0.05) is 13.1 Å². The summed E-state index contributed by atoms with van der Waals surface area (Å²) in [6.45, 7) is 5.36. The molecule has 1 aromatic carbocycles. The average molecular weight is 237 g/mol. The van der Waals surface area contributed by atoms with Crippen LogP contribution in [0.25, 0.3) is 0 Å². The van der Waals surface area contributed by atoms with Gasteiger partial charge in [-0.1, -0.05) is 13.0 Å². The molecular formula is C14H20FNO. The smallest absolute Gasteiger partial charge is 0.165 e. The van der Waals surface area contributed by atoms with Gasteiger partial charge in [0.05, 0.1) is 7.11 Å². The molecular weight excluding hydrogens is 217 g/mol. The minimum atomic E-state index is -0.268. The Hall–Kier alpha value is -1.09. The summed E-state index contributed by atoms with van der Waals surface area (Å²) in [5, 5.41) is 0. The van der Waals surface area contributed by atoms with Crippen molar-refractivity contribution in [2.45, 2.75) is 26.3 Å². The first-order valence-corrected chi connectivity index (χ1v) is 6.24. The van der Waals surface area contributed by atoms with Crippen LogP contribution in [0.2, 0.25) is 0 Å². The van der Waals surface area contributed by atoms with Crippen molar-refractivity contribution in [2.75, 3.05) is 20.2 Å². The fourth-order valence-corrected chi connectivity index (χ4v) is 2.50. The maximum Gasteiger partial charge on any atom is 0.165 e. The van der Waals surface area contributed by atoms with Crippen LogP contribution in [0.5, 0.6) is 5.75 Å². The summed E-state index contributed by atoms with van der Waals surface area (Å²) in [6.07, 6.45) is 2.56. The molecule has 0 amide bonds. The van der Waals surface area contributed by atoms with E-state index in [1.807, 2.05) is 6.07 Å². The summed E-state index contributed by atoms with van der Waals surface area (Å²) in [5.74, 6) is 0.808. The Kier molecular flexibility index (Phi) is 4.00. The lowest BCUT2D eigenvalue weighted by Crippen LogP contribution is -2.33. The van der Waals surface area contributed by atoms with Gasteiger partial charge in [-0.3, -0.25) is 4.90 Å². The minimum Gasteiger partial charge on any atom is -0.494 e. The Morgan fingerprint density at radius 3 is 2.94 bits per heavy atom. The molecule has 0 N–H and O–H groups in total. The highest BCUT2D eigenvalue weighted by Crippen LogP contribution is 2.21. The van der Waals surface area contributed by atoms with Crippen molar-refractivity contribution >= 4 is 0 Å². The first kappa shape index (κ1) is 12.4. The molecule has 1 aliphatic rings. The summed E-state index contributed by atoms with van der Waals surface area (Å²) in [5.41, 5.74) is 1.03. The first-order chi connectivity index (χ1) is 8.19. The molecule has 2 rings (SSSR count). The molecule has 0 spiro atoms. The maximum atomic E-state index is 13.5. The van der Waals surface area contributed by atoms with E-state index in [4.69, 9.17) is 4.74 Å². The lowest BCUT2D eigenvalue weighted by molar-refractivity contribution is 0.176. The molecule has 3 heteroatoms. The van der Waals surface area contributed by atoms with E-state index in [2.05, 4.69) is 11.8 Å². The van der Waals surface area contributed by atoms with Crippen molar-refractivity contribution < 1.29 is 9.13 Å². The van der Waals surface area contributed by atoms with E-state index in [-0.39, 0.29) is 5.82 Å². The standard InChI is InChI=1S/C14H20FNO/c1-11-4-3-7-16(9-11)10-12-5-6-14(17-2)13(15)8-12/h5-6,8,11H,3-4,7,9-10H2,1-2H3. The molecule has 94 valence electrons. The molecule has 0 saturated carbocycles. The predicted molar refractivity (Wildman–Crippen MR) is 66.6 cm³/mol. The Labute approximate surface area is 102 Å². The van der Waals surface area contributed by atoms with Crippen LogP contribution < -0.4 is 4.74 Å². The summed E-state index contributed by atoms with van der Waals surface area (Å²) >= 11 is 0. The fourth-order valence-electron chi connectivity index (χ4n) is 2.50. The van der Waals surface area contributed by atoms with E-state index in [1.165, 1.54) is 20.0 Å². The molecule has 0 aliphatic carbocycles. The molecule has 1 saturated heterocycles. The van der Waals surface area contributed by atoms with Gasteiger partial charge in [0.2, 0.25) is 0 Å². The van der Waals surface area contributed by atoms with Gasteiger partial charge in [-0.25, -0.2) is 4.39 Å². The molecule has 1 unspecified atom stereocenters. The Morgan fingerprint density at radius 1 is 1.47 bits per heavy atom. The summed E-state index contributed by atoms with van der Waals surface area (Å²) in [7, 11) is 1.49. The fraction of sp³-hybridized carbons (Fsp3) is 0.571. The minimum absolute atomic E-state index is 0.268. The van der Waals surface area contributed by atoms with Gasteiger partial charge in [0.1, 0.15) is 0 Å². The van der Waals surface area contributed by atoms with Gasteiger partial charge in [-0.05, 0) is 43.0 Å². The topological polar surface area (TPSA) is 12.5 Å². The highest BCUT2D eigenvalue weighted by molar-refractivity contribution is 5.29. The second kappa shape index (κ2) is 5.50. The van der Waals surface area contributed by atoms with Gasteiger partial charge < -0.3 is 4.74 Å². The molecule has 1 aromatic rings. The molecule has 0 radical (unpaired) electrons. The summed E-state index contributed by atoms with van der Waals surface area (Å²) < 4.78 is 18.5. The van der Waals surface area contributed by atoms with Gasteiger partial charge >= 0.3 is 0 Å². The van der Waals surface area contributed by atoms with Crippen LogP contribution in [0.3, 0.4) is 0 Å². The monoisotopic (exact) mass is 237 g/mol. The SMILES string of the molecule is COc1ccc(CN2CCCC(C)C2)cc1F. The zero-order valence-electron chi connectivity index (χ0n) is 10.6. The number of likely N-dealkylation sites (tertiary alicyclic amines) is 1. The van der Waals surface area contributed by atoms with Crippen molar-refractivity contribution in [3.8, 4) is 5.75 Å². The van der Waals surface area contributed by atoms with Crippen LogP contribution in [-0.4, -0.2) is 25.1 Å². The van der Waals surface area contributed by atoms with Crippen LogP contribution in [0.1, 0.15) is 25.3 Å². The van der Waals surface area contributed by atoms with E-state index in [0.717, 1.165) is 31.1 Å². The molecule has 0 bridgehead atoms. The first-order valence-electron chi connectivity index (χ1n) is 6.24. The normalized spacial score (nSPS) is 21.5. The number of hydrogen-bond donors (Lipinski definition) is 0. The molecule has 2 nitrogen and oxygen atoms in total. The van der Waals surface area contributed by atoms with Gasteiger partial charge in [0.15, 0.2) is 11.6 Å². The van der Waals surface area contributed by atoms with Crippen molar-refractivity contribution in [3.05, 3.63) is 29.6 Å². The zero-order valence-corrected chi connectivity index (χ0v) is 10.6. The van der Waals surface area contributed by atoms with E-state index in [9.17, 15) is 4.39 Å². The van der Waals surface area contributed by atoms with E-state index in [0.29, 0.717) is 5.75 Å².